The molecule has 1 aliphatic carbocycles. The molecule has 0 spiro atoms. The van der Waals surface area contributed by atoms with Gasteiger partial charge in [0.1, 0.15) is 6.61 Å². The van der Waals surface area contributed by atoms with Crippen molar-refractivity contribution in [2.45, 2.75) is 5.92 Å². The fourth-order valence-corrected chi connectivity index (χ4v) is 2.72. The summed E-state index contributed by atoms with van der Waals surface area (Å²) < 4.78 is 5.39. The lowest BCUT2D eigenvalue weighted by Gasteiger charge is -2.16. The second-order valence-corrected chi connectivity index (χ2v) is 5.70. The minimum Gasteiger partial charge on any atom is -0.448 e. The van der Waals surface area contributed by atoms with Crippen LogP contribution in [0.25, 0.3) is 11.1 Å². The van der Waals surface area contributed by atoms with E-state index >= 15 is 0 Å². The molecule has 0 unspecified atom stereocenters. The van der Waals surface area contributed by atoms with E-state index in [0.29, 0.717) is 6.61 Å². The van der Waals surface area contributed by atoms with Gasteiger partial charge in [0.2, 0.25) is 0 Å². The van der Waals surface area contributed by atoms with Gasteiger partial charge >= 0.3 is 6.09 Å². The highest BCUT2D eigenvalue weighted by Crippen LogP contribution is 2.44. The van der Waals surface area contributed by atoms with Gasteiger partial charge in [-0.15, -0.1) is 0 Å². The maximum atomic E-state index is 11.6. The number of carbonyl (C=O) groups is 1. The van der Waals surface area contributed by atoms with Crippen molar-refractivity contribution in [3.05, 3.63) is 59.7 Å². The molecule has 0 aromatic heterocycles. The van der Waals surface area contributed by atoms with Crippen LogP contribution in [-0.2, 0) is 4.74 Å². The molecule has 1 amide bonds. The summed E-state index contributed by atoms with van der Waals surface area (Å²) in [6.07, 6.45) is -0.299. The predicted octanol–water partition coefficient (Wildman–Crippen LogP) is 3.33. The second-order valence-electron chi connectivity index (χ2n) is 5.70. The highest BCUT2D eigenvalue weighted by molar-refractivity contribution is 5.79. The number of rotatable bonds is 2. The SMILES string of the molecule is CN(C)C(=O)OCC1c2ccccc2-c2ccccc21.CNC. The maximum absolute atomic E-state index is 11.6. The zero-order valence-corrected chi connectivity index (χ0v) is 14.2. The van der Waals surface area contributed by atoms with Crippen LogP contribution in [0.2, 0.25) is 0 Å². The molecule has 0 fully saturated rings. The van der Waals surface area contributed by atoms with Crippen molar-refractivity contribution in [1.82, 2.24) is 10.2 Å². The molecule has 1 N–H and O–H groups in total. The summed E-state index contributed by atoms with van der Waals surface area (Å²) in [5.74, 6) is 0.131. The number of benzene rings is 2. The quantitative estimate of drug-likeness (QED) is 0.925. The van der Waals surface area contributed by atoms with Crippen LogP contribution in [0.15, 0.2) is 48.5 Å². The van der Waals surface area contributed by atoms with E-state index in [4.69, 9.17) is 4.74 Å². The first-order valence-corrected chi connectivity index (χ1v) is 7.71. The molecular weight excluding hydrogens is 288 g/mol. The first-order valence-electron chi connectivity index (χ1n) is 7.71. The first-order chi connectivity index (χ1) is 11.1. The van der Waals surface area contributed by atoms with Crippen LogP contribution in [-0.4, -0.2) is 45.8 Å². The number of fused-ring (bicyclic) bond motifs is 3. The van der Waals surface area contributed by atoms with Gasteiger partial charge < -0.3 is 15.0 Å². The number of nitrogens with one attached hydrogen (secondary N) is 1. The van der Waals surface area contributed by atoms with Crippen molar-refractivity contribution in [3.8, 4) is 11.1 Å². The van der Waals surface area contributed by atoms with Crippen LogP contribution < -0.4 is 5.32 Å². The van der Waals surface area contributed by atoms with Crippen molar-refractivity contribution in [2.24, 2.45) is 0 Å². The summed E-state index contributed by atoms with van der Waals surface area (Å²) in [5, 5.41) is 2.75. The lowest BCUT2D eigenvalue weighted by molar-refractivity contribution is 0.115. The van der Waals surface area contributed by atoms with Crippen LogP contribution in [0.5, 0.6) is 0 Å². The molecular formula is C19H24N2O2. The van der Waals surface area contributed by atoms with Gasteiger partial charge in [0.25, 0.3) is 0 Å². The number of carbonyl (C=O) groups excluding carboxylic acids is 1. The third-order valence-corrected chi connectivity index (χ3v) is 3.70. The van der Waals surface area contributed by atoms with Crippen molar-refractivity contribution in [1.29, 1.82) is 0 Å². The molecule has 4 nitrogen and oxygen atoms in total. The molecule has 3 rings (SSSR count). The smallest absolute Gasteiger partial charge is 0.409 e. The van der Waals surface area contributed by atoms with Gasteiger partial charge in [-0.25, -0.2) is 4.79 Å². The van der Waals surface area contributed by atoms with Gasteiger partial charge in [-0.3, -0.25) is 0 Å². The average molecular weight is 312 g/mol. The summed E-state index contributed by atoms with van der Waals surface area (Å²) >= 11 is 0. The molecule has 0 heterocycles. The molecule has 4 heteroatoms. The molecule has 2 aromatic rings. The van der Waals surface area contributed by atoms with Crippen molar-refractivity contribution in [2.75, 3.05) is 34.8 Å². The largest absolute Gasteiger partial charge is 0.448 e. The maximum Gasteiger partial charge on any atom is 0.409 e. The third-order valence-electron chi connectivity index (χ3n) is 3.70. The fourth-order valence-electron chi connectivity index (χ4n) is 2.72. The minimum absolute atomic E-state index is 0.131. The molecule has 0 saturated carbocycles. The minimum atomic E-state index is -0.299. The van der Waals surface area contributed by atoms with E-state index in [2.05, 4.69) is 29.6 Å². The van der Waals surface area contributed by atoms with Gasteiger partial charge in [-0.1, -0.05) is 48.5 Å². The highest BCUT2D eigenvalue weighted by Gasteiger charge is 2.29. The Balaban J connectivity index is 0.000000595. The number of amides is 1. The topological polar surface area (TPSA) is 41.6 Å². The number of ether oxygens (including phenoxy) is 1. The van der Waals surface area contributed by atoms with E-state index in [1.807, 2.05) is 38.4 Å². The monoisotopic (exact) mass is 312 g/mol. The Labute approximate surface area is 138 Å². The Kier molecular flexibility index (Phi) is 5.77. The van der Waals surface area contributed by atoms with Gasteiger partial charge in [0.15, 0.2) is 0 Å². The zero-order chi connectivity index (χ0) is 16.8. The lowest BCUT2D eigenvalue weighted by atomic mass is 9.98. The molecule has 23 heavy (non-hydrogen) atoms. The molecule has 0 atom stereocenters. The Hall–Kier alpha value is -2.33. The van der Waals surface area contributed by atoms with E-state index in [9.17, 15) is 4.79 Å². The Morgan fingerprint density at radius 2 is 1.43 bits per heavy atom. The van der Waals surface area contributed by atoms with Crippen LogP contribution in [0, 0.1) is 0 Å². The summed E-state index contributed by atoms with van der Waals surface area (Å²) in [5.41, 5.74) is 4.96. The van der Waals surface area contributed by atoms with Crippen LogP contribution >= 0.6 is 0 Å². The predicted molar refractivity (Wildman–Crippen MR) is 93.7 cm³/mol. The normalized spacial score (nSPS) is 11.8. The summed E-state index contributed by atoms with van der Waals surface area (Å²) in [6.45, 7) is 0.380. The lowest BCUT2D eigenvalue weighted by Crippen LogP contribution is -2.24. The van der Waals surface area contributed by atoms with E-state index < -0.39 is 0 Å². The van der Waals surface area contributed by atoms with Gasteiger partial charge in [0.05, 0.1) is 0 Å². The first kappa shape index (κ1) is 17.0. The zero-order valence-electron chi connectivity index (χ0n) is 14.2. The number of nitrogens with zero attached hydrogens (tertiary/aromatic N) is 1. The van der Waals surface area contributed by atoms with Crippen molar-refractivity contribution < 1.29 is 9.53 Å². The third kappa shape index (κ3) is 3.71. The summed E-state index contributed by atoms with van der Waals surface area (Å²) in [7, 11) is 7.14. The van der Waals surface area contributed by atoms with Gasteiger partial charge in [-0.05, 0) is 36.3 Å². The molecule has 0 bridgehead atoms. The van der Waals surface area contributed by atoms with Gasteiger partial charge in [0, 0.05) is 20.0 Å². The second kappa shape index (κ2) is 7.79. The van der Waals surface area contributed by atoms with E-state index in [0.717, 1.165) is 0 Å². The molecule has 0 aliphatic heterocycles. The van der Waals surface area contributed by atoms with Crippen molar-refractivity contribution in [3.63, 3.8) is 0 Å². The van der Waals surface area contributed by atoms with E-state index in [1.165, 1.54) is 27.2 Å². The van der Waals surface area contributed by atoms with Crippen LogP contribution in [0.1, 0.15) is 17.0 Å². The summed E-state index contributed by atoms with van der Waals surface area (Å²) in [6, 6.07) is 16.6. The Morgan fingerprint density at radius 1 is 1.00 bits per heavy atom. The Bertz CT molecular complexity index is 622. The van der Waals surface area contributed by atoms with E-state index in [1.54, 1.807) is 14.1 Å². The van der Waals surface area contributed by atoms with Crippen LogP contribution in [0.3, 0.4) is 0 Å². The molecule has 2 aromatic carbocycles. The molecule has 0 saturated heterocycles. The number of hydrogen-bond acceptors (Lipinski definition) is 3. The Morgan fingerprint density at radius 3 is 1.87 bits per heavy atom. The van der Waals surface area contributed by atoms with E-state index in [-0.39, 0.29) is 12.0 Å². The number of hydrogen-bond donors (Lipinski definition) is 1. The molecule has 122 valence electrons. The molecule has 0 radical (unpaired) electrons. The average Bonchev–Trinajstić information content (AvgIpc) is 2.87. The van der Waals surface area contributed by atoms with Crippen LogP contribution in [0.4, 0.5) is 4.79 Å². The highest BCUT2D eigenvalue weighted by atomic mass is 16.6. The fraction of sp³-hybridized carbons (Fsp3) is 0.316. The van der Waals surface area contributed by atoms with Crippen molar-refractivity contribution >= 4 is 6.09 Å². The standard InChI is InChI=1S/C17H17NO2.C2H7N/c1-18(2)17(19)20-11-16-14-9-5-3-7-12(14)13-8-4-6-10-15(13)16;1-3-2/h3-10,16H,11H2,1-2H3;3H,1-2H3. The molecule has 1 aliphatic rings. The summed E-state index contributed by atoms with van der Waals surface area (Å²) in [4.78, 5) is 13.1. The van der Waals surface area contributed by atoms with Gasteiger partial charge in [-0.2, -0.15) is 0 Å².